The monoisotopic (exact) mass is 802 g/mol. The Morgan fingerprint density at radius 1 is 0.828 bits per heavy atom. The fourth-order valence-corrected chi connectivity index (χ4v) is 9.84. The molecule has 6 aromatic rings. The lowest BCUT2D eigenvalue weighted by Gasteiger charge is -2.37. The van der Waals surface area contributed by atoms with Gasteiger partial charge in [0.05, 0.1) is 33.3 Å². The number of rotatable bonds is 16. The molecular weight excluding hydrogens is 752 g/mol. The first-order valence-electron chi connectivity index (χ1n) is 19.5. The molecule has 1 fully saturated rings. The maximum atomic E-state index is 13.2. The molecule has 302 valence electrons. The van der Waals surface area contributed by atoms with Gasteiger partial charge in [-0.15, -0.1) is 0 Å². The van der Waals surface area contributed by atoms with Crippen LogP contribution in [0.2, 0.25) is 0 Å². The summed E-state index contributed by atoms with van der Waals surface area (Å²) in [6, 6.07) is 35.7. The predicted molar refractivity (Wildman–Crippen MR) is 226 cm³/mol. The van der Waals surface area contributed by atoms with Crippen LogP contribution in [0, 0.1) is 0 Å². The number of hydrogen-bond donors (Lipinski definition) is 1. The van der Waals surface area contributed by atoms with E-state index in [1.807, 2.05) is 89.5 Å². The molecule has 0 saturated carbocycles. The lowest BCUT2D eigenvalue weighted by atomic mass is 9.80. The van der Waals surface area contributed by atoms with Crippen LogP contribution in [0.1, 0.15) is 67.4 Å². The molecule has 1 aliphatic rings. The van der Waals surface area contributed by atoms with Gasteiger partial charge in [-0.2, -0.15) is 0 Å². The molecule has 58 heavy (non-hydrogen) atoms. The quantitative estimate of drug-likeness (QED) is 0.0751. The maximum Gasteiger partial charge on any atom is 0.256 e. The Hall–Kier alpha value is -5.23. The topological polar surface area (TPSA) is 122 Å². The number of methoxy groups -OCH3 is 2. The molecule has 12 nitrogen and oxygen atoms in total. The summed E-state index contributed by atoms with van der Waals surface area (Å²) >= 11 is 0. The van der Waals surface area contributed by atoms with Gasteiger partial charge in [0.2, 0.25) is 0 Å². The minimum atomic E-state index is -1.03. The van der Waals surface area contributed by atoms with Crippen LogP contribution in [0.25, 0.3) is 11.2 Å². The highest BCUT2D eigenvalue weighted by Crippen LogP contribution is 2.48. The van der Waals surface area contributed by atoms with Gasteiger partial charge < -0.3 is 28.8 Å². The highest BCUT2D eigenvalue weighted by Gasteiger charge is 2.44. The molecule has 7 rings (SSSR count). The van der Waals surface area contributed by atoms with Gasteiger partial charge in [-0.3, -0.25) is 14.0 Å². The fraction of sp³-hybridized carbons (Fsp3) is 0.333. The van der Waals surface area contributed by atoms with Gasteiger partial charge in [0.15, 0.2) is 23.2 Å². The number of benzene rings is 4. The summed E-state index contributed by atoms with van der Waals surface area (Å²) in [6.45, 7) is 11.1. The Balaban J connectivity index is 1.25. The number of amides is 1. The summed E-state index contributed by atoms with van der Waals surface area (Å²) in [5.74, 6) is 1.51. The van der Waals surface area contributed by atoms with E-state index in [2.05, 4.69) is 66.4 Å². The van der Waals surface area contributed by atoms with Crippen molar-refractivity contribution in [1.29, 1.82) is 0 Å². The summed E-state index contributed by atoms with van der Waals surface area (Å²) < 4.78 is 36.7. The maximum absolute atomic E-state index is 13.2. The molecular formula is C45H51N6O6P. The summed E-state index contributed by atoms with van der Waals surface area (Å²) in [5.41, 5.74) is 3.25. The predicted octanol–water partition coefficient (Wildman–Crippen LogP) is 8.84. The molecule has 4 atom stereocenters. The fourth-order valence-electron chi connectivity index (χ4n) is 7.85. The number of carbonyl (C=O) groups excluding carboxylic acids is 1. The van der Waals surface area contributed by atoms with Crippen molar-refractivity contribution in [3.63, 3.8) is 0 Å². The third-order valence-electron chi connectivity index (χ3n) is 10.4. The molecule has 1 amide bonds. The van der Waals surface area contributed by atoms with E-state index in [9.17, 15) is 4.79 Å². The van der Waals surface area contributed by atoms with Crippen LogP contribution in [-0.2, 0) is 19.6 Å². The number of hydrogen-bond acceptors (Lipinski definition) is 10. The van der Waals surface area contributed by atoms with Crippen molar-refractivity contribution in [3.8, 4) is 11.5 Å². The third-order valence-corrected chi connectivity index (χ3v) is 12.5. The number of fused-ring (bicyclic) bond motifs is 1. The molecule has 1 unspecified atom stereocenters. The SMILES string of the molecule is COc1ccc(C(OC[C@@H]2C[C@@H](OP(C)N(C(C)C)C(C)C)[C@H](n3cnc4c(NC(=O)c5ccccc5)ncnc43)O2)(c2ccccc2)c2ccc(OC)cc2)cc1. The lowest BCUT2D eigenvalue weighted by molar-refractivity contribution is -0.0831. The number of imidazole rings is 1. The van der Waals surface area contributed by atoms with Crippen LogP contribution >= 0.6 is 8.30 Å². The van der Waals surface area contributed by atoms with E-state index in [1.54, 1.807) is 32.7 Å². The van der Waals surface area contributed by atoms with Crippen LogP contribution in [-0.4, -0.2) is 81.9 Å². The highest BCUT2D eigenvalue weighted by molar-refractivity contribution is 7.49. The summed E-state index contributed by atoms with van der Waals surface area (Å²) in [6.07, 6.45) is 2.28. The molecule has 2 aromatic heterocycles. The normalized spacial score (nSPS) is 17.6. The van der Waals surface area contributed by atoms with E-state index in [0.717, 1.165) is 28.2 Å². The van der Waals surface area contributed by atoms with Crippen LogP contribution in [0.15, 0.2) is 122 Å². The number of nitrogens with one attached hydrogen (secondary N) is 1. The Morgan fingerprint density at radius 2 is 1.40 bits per heavy atom. The minimum Gasteiger partial charge on any atom is -0.497 e. The van der Waals surface area contributed by atoms with Gasteiger partial charge in [0, 0.05) is 24.1 Å². The van der Waals surface area contributed by atoms with Gasteiger partial charge in [0.25, 0.3) is 5.91 Å². The number of nitrogens with zero attached hydrogens (tertiary/aromatic N) is 5. The summed E-state index contributed by atoms with van der Waals surface area (Å²) in [5, 5.41) is 2.92. The Kier molecular flexibility index (Phi) is 12.8. The zero-order valence-electron chi connectivity index (χ0n) is 34.0. The van der Waals surface area contributed by atoms with Gasteiger partial charge >= 0.3 is 0 Å². The smallest absolute Gasteiger partial charge is 0.256 e. The Bertz CT molecular complexity index is 2200. The van der Waals surface area contributed by atoms with Crippen LogP contribution in [0.4, 0.5) is 5.82 Å². The average molecular weight is 803 g/mol. The number of anilines is 1. The van der Waals surface area contributed by atoms with Crippen molar-refractivity contribution >= 4 is 31.2 Å². The molecule has 0 radical (unpaired) electrons. The van der Waals surface area contributed by atoms with Crippen LogP contribution < -0.4 is 14.8 Å². The van der Waals surface area contributed by atoms with E-state index >= 15 is 0 Å². The molecule has 13 heteroatoms. The summed E-state index contributed by atoms with van der Waals surface area (Å²) in [7, 11) is 2.29. The Labute approximate surface area is 341 Å². The second kappa shape index (κ2) is 18.1. The average Bonchev–Trinajstić information content (AvgIpc) is 3.86. The first-order valence-corrected chi connectivity index (χ1v) is 21.2. The standard InChI is InChI=1S/C45H51N6O6P/c1-30(2)51(31(3)4)58(7)57-39-26-38(56-44(39)50-29-48-40-41(46-28-47-42(40)50)49-43(52)32-14-10-8-11-15-32)27-55-45(33-16-12-9-13-17-33,34-18-22-36(53-5)23-19-34)35-20-24-37(54-6)25-21-35/h8-25,28-31,38-39,44H,26-27H2,1-7H3,(H,46,47,49,52)/t38-,39+,44+,58?/m0/s1. The molecule has 1 saturated heterocycles. The number of aromatic nitrogens is 4. The van der Waals surface area contributed by atoms with Crippen LogP contribution in [0.3, 0.4) is 0 Å². The third kappa shape index (κ3) is 8.48. The van der Waals surface area contributed by atoms with Crippen LogP contribution in [0.5, 0.6) is 11.5 Å². The van der Waals surface area contributed by atoms with E-state index in [1.165, 1.54) is 6.33 Å². The van der Waals surface area contributed by atoms with E-state index in [4.69, 9.17) is 28.5 Å². The van der Waals surface area contributed by atoms with Crippen molar-refractivity contribution in [2.24, 2.45) is 0 Å². The second-order valence-corrected chi connectivity index (χ2v) is 16.3. The minimum absolute atomic E-state index is 0.225. The van der Waals surface area contributed by atoms with Crippen molar-refractivity contribution in [3.05, 3.63) is 144 Å². The summed E-state index contributed by atoms with van der Waals surface area (Å²) in [4.78, 5) is 26.9. The molecule has 0 spiro atoms. The van der Waals surface area contributed by atoms with Crippen molar-refractivity contribution in [2.75, 3.05) is 32.8 Å². The van der Waals surface area contributed by atoms with Gasteiger partial charge in [-0.05, 0) is 87.4 Å². The highest BCUT2D eigenvalue weighted by atomic mass is 31.2. The molecule has 0 bridgehead atoms. The van der Waals surface area contributed by atoms with E-state index < -0.39 is 20.1 Å². The zero-order chi connectivity index (χ0) is 40.8. The number of ether oxygens (including phenoxy) is 4. The molecule has 1 aliphatic heterocycles. The number of carbonyl (C=O) groups is 1. The molecule has 1 N–H and O–H groups in total. The largest absolute Gasteiger partial charge is 0.497 e. The first kappa shape index (κ1) is 40.9. The van der Waals surface area contributed by atoms with Crippen molar-refractivity contribution < 1.29 is 28.3 Å². The lowest BCUT2D eigenvalue weighted by Crippen LogP contribution is -2.36. The second-order valence-electron chi connectivity index (χ2n) is 14.7. The Morgan fingerprint density at radius 3 is 1.97 bits per heavy atom. The van der Waals surface area contributed by atoms with Crippen molar-refractivity contribution in [1.82, 2.24) is 24.2 Å². The van der Waals surface area contributed by atoms with Gasteiger partial charge in [-0.25, -0.2) is 15.0 Å². The van der Waals surface area contributed by atoms with E-state index in [0.29, 0.717) is 29.0 Å². The zero-order valence-corrected chi connectivity index (χ0v) is 34.9. The van der Waals surface area contributed by atoms with Crippen molar-refractivity contribution in [2.45, 2.75) is 70.2 Å². The molecule has 3 heterocycles. The molecule has 0 aliphatic carbocycles. The van der Waals surface area contributed by atoms with E-state index in [-0.39, 0.29) is 36.8 Å². The first-order chi connectivity index (χ1) is 28.1. The van der Waals surface area contributed by atoms with Gasteiger partial charge in [-0.1, -0.05) is 72.8 Å². The van der Waals surface area contributed by atoms with Gasteiger partial charge in [0.1, 0.15) is 37.8 Å². The molecule has 4 aromatic carbocycles.